The number of rotatable bonds is 7. The van der Waals surface area contributed by atoms with Crippen molar-refractivity contribution in [3.05, 3.63) is 86.5 Å². The van der Waals surface area contributed by atoms with Crippen molar-refractivity contribution in [2.24, 2.45) is 0 Å². The summed E-state index contributed by atoms with van der Waals surface area (Å²) in [6.45, 7) is 8.38. The molecule has 0 aliphatic carbocycles. The van der Waals surface area contributed by atoms with Gasteiger partial charge in [0.25, 0.3) is 0 Å². The van der Waals surface area contributed by atoms with Gasteiger partial charge in [0.1, 0.15) is 81.0 Å². The highest BCUT2D eigenvalue weighted by molar-refractivity contribution is 6.09. The van der Waals surface area contributed by atoms with Crippen LogP contribution < -0.4 is 33.2 Å². The van der Waals surface area contributed by atoms with Gasteiger partial charge in [0.05, 0.1) is 38.4 Å². The number of carbonyl (C=O) groups is 4. The quantitative estimate of drug-likeness (QED) is 0.0897. The maximum atomic E-state index is 13.6. The van der Waals surface area contributed by atoms with Gasteiger partial charge in [0, 0.05) is 23.3 Å². The minimum atomic E-state index is -1.38. The van der Waals surface area contributed by atoms with E-state index in [0.29, 0.717) is 51.7 Å². The molecule has 0 saturated carbocycles. The van der Waals surface area contributed by atoms with Crippen LogP contribution in [0.3, 0.4) is 0 Å². The van der Waals surface area contributed by atoms with Crippen LogP contribution in [0.5, 0.6) is 57.5 Å². The number of phenols is 3. The largest absolute Gasteiger partial charge is 0.507 e. The van der Waals surface area contributed by atoms with E-state index >= 15 is 0 Å². The number of aryl methyl sites for hydroxylation is 2. The molecule has 15 heteroatoms. The Balaban J connectivity index is 0.000000194. The molecule has 298 valence electrons. The summed E-state index contributed by atoms with van der Waals surface area (Å²) in [6, 6.07) is 7.63. The summed E-state index contributed by atoms with van der Waals surface area (Å²) in [5.41, 5.74) is 0.623. The van der Waals surface area contributed by atoms with E-state index in [1.54, 1.807) is 19.2 Å². The molecule has 15 nitrogen and oxygen atoms in total. The fourth-order valence-electron chi connectivity index (χ4n) is 6.99. The van der Waals surface area contributed by atoms with E-state index in [9.17, 15) is 39.6 Å². The fraction of sp³-hybridized carbons (Fsp3) is 0.286. The van der Waals surface area contributed by atoms with Gasteiger partial charge in [-0.05, 0) is 76.1 Å². The van der Waals surface area contributed by atoms with Gasteiger partial charge in [-0.2, -0.15) is 0 Å². The number of carboxylic acid groups (broad SMARTS) is 1. The molecular weight excluding hydrogens is 744 g/mol. The number of methoxy groups -OCH3 is 3. The molecule has 3 aliphatic heterocycles. The molecule has 0 saturated heterocycles. The van der Waals surface area contributed by atoms with Gasteiger partial charge in [-0.25, -0.2) is 9.59 Å². The number of benzene rings is 4. The molecule has 0 bridgehead atoms. The maximum Gasteiger partial charge on any atom is 0.347 e. The Morgan fingerprint density at radius 2 is 1.49 bits per heavy atom. The lowest BCUT2D eigenvalue weighted by molar-refractivity contribution is 0.0546. The van der Waals surface area contributed by atoms with Crippen molar-refractivity contribution in [2.45, 2.75) is 52.2 Å². The van der Waals surface area contributed by atoms with Crippen molar-refractivity contribution in [1.29, 1.82) is 0 Å². The highest BCUT2D eigenvalue weighted by Crippen LogP contribution is 2.52. The van der Waals surface area contributed by atoms with Gasteiger partial charge in [-0.15, -0.1) is 0 Å². The minimum absolute atomic E-state index is 0.0419. The molecule has 2 atom stereocenters. The van der Waals surface area contributed by atoms with Crippen LogP contribution in [0.2, 0.25) is 0 Å². The first-order chi connectivity index (χ1) is 27.0. The Hall–Kier alpha value is -6.90. The van der Waals surface area contributed by atoms with Crippen LogP contribution in [0.4, 0.5) is 0 Å². The Labute approximate surface area is 326 Å². The van der Waals surface area contributed by atoms with Crippen LogP contribution in [0, 0.1) is 20.8 Å². The molecule has 0 spiro atoms. The van der Waals surface area contributed by atoms with Crippen LogP contribution in [-0.2, 0) is 0 Å². The summed E-state index contributed by atoms with van der Waals surface area (Å²) >= 11 is 0. The van der Waals surface area contributed by atoms with Crippen molar-refractivity contribution in [3.8, 4) is 57.5 Å². The monoisotopic (exact) mass is 784 g/mol. The number of hydrogen-bond donors (Lipinski definition) is 4. The van der Waals surface area contributed by atoms with E-state index in [4.69, 9.17) is 33.2 Å². The number of aldehydes is 1. The van der Waals surface area contributed by atoms with E-state index in [1.807, 2.05) is 26.0 Å². The molecule has 0 fully saturated rings. The van der Waals surface area contributed by atoms with Crippen LogP contribution in [0.25, 0.3) is 6.08 Å². The first-order valence-electron chi connectivity index (χ1n) is 17.5. The number of hydrogen-bond acceptors (Lipinski definition) is 14. The van der Waals surface area contributed by atoms with Crippen LogP contribution in [-0.4, -0.2) is 84.1 Å². The van der Waals surface area contributed by atoms with E-state index < -0.39 is 41.1 Å². The lowest BCUT2D eigenvalue weighted by atomic mass is 9.80. The third kappa shape index (κ3) is 6.96. The third-order valence-corrected chi connectivity index (χ3v) is 9.87. The topological polar surface area (TPSA) is 214 Å². The number of phenolic OH excluding ortho intramolecular Hbond substituents is 2. The van der Waals surface area contributed by atoms with Crippen molar-refractivity contribution in [1.82, 2.24) is 0 Å². The second-order valence-electron chi connectivity index (χ2n) is 14.0. The van der Waals surface area contributed by atoms with Crippen molar-refractivity contribution >= 4 is 30.1 Å². The Kier molecular flexibility index (Phi) is 10.5. The molecule has 0 aromatic heterocycles. The van der Waals surface area contributed by atoms with Gasteiger partial charge in [-0.3, -0.25) is 9.59 Å². The average molecular weight is 785 g/mol. The number of ether oxygens (including phenoxy) is 7. The Morgan fingerprint density at radius 1 is 0.842 bits per heavy atom. The molecular formula is C42H40O15. The number of aromatic hydroxyl groups is 3. The van der Waals surface area contributed by atoms with Crippen LogP contribution in [0.1, 0.15) is 89.0 Å². The summed E-state index contributed by atoms with van der Waals surface area (Å²) in [5, 5.41) is 40.2. The summed E-state index contributed by atoms with van der Waals surface area (Å²) < 4.78 is 39.1. The molecule has 3 heterocycles. The second-order valence-corrected chi connectivity index (χ2v) is 14.0. The highest BCUT2D eigenvalue weighted by atomic mass is 16.6. The van der Waals surface area contributed by atoms with Crippen molar-refractivity contribution in [3.63, 3.8) is 0 Å². The highest BCUT2D eigenvalue weighted by Gasteiger charge is 2.46. The summed E-state index contributed by atoms with van der Waals surface area (Å²) in [6.07, 6.45) is 3.58. The average Bonchev–Trinajstić information content (AvgIpc) is 3.15. The lowest BCUT2D eigenvalue weighted by Gasteiger charge is -2.39. The molecule has 4 aromatic rings. The Morgan fingerprint density at radius 3 is 2.12 bits per heavy atom. The SMILES string of the molecule is COc1cc(C)c(C(=O)Oc2cc(C)c(O)c(C(=O)O)c2C)c(O)c1C=O.COc1cc2c(cc1OC)C1C(=O)c3c(O)cc4c(c3OC1CO2)C=CC(C)(C)O4. The van der Waals surface area contributed by atoms with Gasteiger partial charge in [-0.1, -0.05) is 0 Å². The van der Waals surface area contributed by atoms with Crippen LogP contribution in [0.15, 0.2) is 36.4 Å². The number of fused-ring (bicyclic) bond motifs is 6. The maximum absolute atomic E-state index is 13.6. The van der Waals surface area contributed by atoms with Gasteiger partial charge in [0.2, 0.25) is 0 Å². The predicted octanol–water partition coefficient (Wildman–Crippen LogP) is 6.48. The smallest absolute Gasteiger partial charge is 0.347 e. The number of ketones is 1. The zero-order valence-electron chi connectivity index (χ0n) is 32.3. The predicted molar refractivity (Wildman–Crippen MR) is 203 cm³/mol. The van der Waals surface area contributed by atoms with Crippen molar-refractivity contribution in [2.75, 3.05) is 27.9 Å². The van der Waals surface area contributed by atoms with Crippen LogP contribution >= 0.6 is 0 Å². The zero-order valence-corrected chi connectivity index (χ0v) is 32.3. The van der Waals surface area contributed by atoms with Gasteiger partial charge in [0.15, 0.2) is 23.6 Å². The molecule has 4 N–H and O–H groups in total. The lowest BCUT2D eigenvalue weighted by Crippen LogP contribution is -2.43. The number of Topliss-reactive ketones (excluding diaryl/α,β-unsaturated/α-hetero) is 1. The van der Waals surface area contributed by atoms with Gasteiger partial charge < -0.3 is 53.6 Å². The third-order valence-electron chi connectivity index (χ3n) is 9.87. The number of aromatic carboxylic acids is 1. The number of carbonyl (C=O) groups excluding carboxylic acids is 3. The van der Waals surface area contributed by atoms with E-state index in [0.717, 1.165) is 0 Å². The first-order valence-corrected chi connectivity index (χ1v) is 17.5. The van der Waals surface area contributed by atoms with E-state index in [-0.39, 0.29) is 63.0 Å². The molecule has 4 aromatic carbocycles. The van der Waals surface area contributed by atoms with E-state index in [2.05, 4.69) is 0 Å². The zero-order chi connectivity index (χ0) is 41.7. The summed E-state index contributed by atoms with van der Waals surface area (Å²) in [7, 11) is 4.39. The van der Waals surface area contributed by atoms with Gasteiger partial charge >= 0.3 is 11.9 Å². The molecule has 0 amide bonds. The summed E-state index contributed by atoms with van der Waals surface area (Å²) in [5.74, 6) is -2.04. The van der Waals surface area contributed by atoms with E-state index in [1.165, 1.54) is 53.2 Å². The standard InChI is InChI=1S/C23H22O7.C19H18O8/c1-23(2)6-5-11-15(30-23)8-13(24)20-21(25)19-12-7-16(26-3)17(27-4)9-14(12)28-10-18(19)29-22(11)20;1-8-5-13(26-4)11(7-20)17(22)14(8)19(25)27-12-6-9(2)16(21)15(10(12)3)18(23)24/h5-9,18-19,24H,10H2,1-4H3;5-7,21-22H,1-4H3,(H,23,24). The molecule has 0 radical (unpaired) electrons. The fourth-order valence-corrected chi connectivity index (χ4v) is 6.99. The summed E-state index contributed by atoms with van der Waals surface area (Å²) in [4.78, 5) is 48.8. The molecule has 2 unspecified atom stereocenters. The molecule has 3 aliphatic rings. The minimum Gasteiger partial charge on any atom is -0.507 e. The number of carboxylic acids is 1. The van der Waals surface area contributed by atoms with Crippen molar-refractivity contribution < 1.29 is 72.8 Å². The normalized spacial score (nSPS) is 16.7. The Bertz CT molecular complexity index is 2390. The number of esters is 1. The molecule has 57 heavy (non-hydrogen) atoms. The second kappa shape index (κ2) is 15.0. The molecule has 7 rings (SSSR count). The first kappa shape index (κ1) is 39.8.